The summed E-state index contributed by atoms with van der Waals surface area (Å²) in [6.07, 6.45) is -12.3. The normalized spacial score (nSPS) is 24.7. The van der Waals surface area contributed by atoms with Gasteiger partial charge in [0.2, 0.25) is 5.95 Å². The molecule has 19 heteroatoms. The third-order valence-corrected chi connectivity index (χ3v) is 7.82. The van der Waals surface area contributed by atoms with Gasteiger partial charge in [-0.25, -0.2) is 13.9 Å². The van der Waals surface area contributed by atoms with Gasteiger partial charge in [-0.05, 0) is 26.0 Å². The van der Waals surface area contributed by atoms with Gasteiger partial charge in [-0.3, -0.25) is 13.9 Å². The number of ether oxygens (including phenoxy) is 2. The van der Waals surface area contributed by atoms with Crippen molar-refractivity contribution in [1.29, 1.82) is 0 Å². The van der Waals surface area contributed by atoms with Crippen molar-refractivity contribution in [2.45, 2.75) is 50.2 Å². The fourth-order valence-corrected chi connectivity index (χ4v) is 5.68. The number of carbonyl (C=O) groups excluding carboxylic acids is 1. The first-order valence-electron chi connectivity index (χ1n) is 12.4. The van der Waals surface area contributed by atoms with Gasteiger partial charge >= 0.3 is 19.9 Å². The van der Waals surface area contributed by atoms with Gasteiger partial charge in [0, 0.05) is 7.05 Å². The molecule has 6 atom stereocenters. The predicted molar refractivity (Wildman–Crippen MR) is 139 cm³/mol. The third-order valence-electron chi connectivity index (χ3n) is 6.18. The first kappa shape index (κ1) is 31.4. The molecule has 1 aliphatic heterocycles. The fourth-order valence-electron chi connectivity index (χ4n) is 4.18. The van der Waals surface area contributed by atoms with Crippen molar-refractivity contribution in [3.8, 4) is 5.75 Å². The Morgan fingerprint density at radius 3 is 2.62 bits per heavy atom. The van der Waals surface area contributed by atoms with Crippen LogP contribution < -0.4 is 20.7 Å². The predicted octanol–water partition coefficient (Wildman–Crippen LogP) is 2.72. The van der Waals surface area contributed by atoms with Crippen LogP contribution in [0.5, 0.6) is 5.75 Å². The summed E-state index contributed by atoms with van der Waals surface area (Å²) in [6, 6.07) is 6.24. The van der Waals surface area contributed by atoms with Crippen LogP contribution in [0.4, 0.5) is 29.3 Å². The van der Waals surface area contributed by atoms with Gasteiger partial charge in [0.05, 0.1) is 19.5 Å². The first-order valence-corrected chi connectivity index (χ1v) is 14.0. The summed E-state index contributed by atoms with van der Waals surface area (Å²) in [5, 5.41) is 15.6. The van der Waals surface area contributed by atoms with Crippen molar-refractivity contribution >= 4 is 36.6 Å². The Labute approximate surface area is 236 Å². The van der Waals surface area contributed by atoms with Gasteiger partial charge in [0.25, 0.3) is 5.67 Å². The SMILES string of the molecule is CCOC(=O)[C@@H](C)N[P@](=O)(OC[C@H]1O[C@@H](n2cnc3c(NC)nc(N)nc32)[C@@](F)(C(F)(F)F)[C@@H]1O)Oc1ccccc1. The highest BCUT2D eigenvalue weighted by atomic mass is 31.2. The smallest absolute Gasteiger partial charge is 0.459 e. The van der Waals surface area contributed by atoms with E-state index in [1.807, 2.05) is 0 Å². The number of esters is 1. The van der Waals surface area contributed by atoms with Crippen LogP contribution in [0.3, 0.4) is 0 Å². The second-order valence-electron chi connectivity index (χ2n) is 9.04. The zero-order valence-corrected chi connectivity index (χ0v) is 23.3. The standard InChI is InChI=1S/C23H28F4N7O7P/c1-4-38-19(36)12(2)33-42(37,41-13-8-6-5-7-9-13)39-10-14-16(35)22(24,23(25,26)27)20(40-14)34-11-30-15-17(29-3)31-21(28)32-18(15)34/h5-9,11-12,14,16,20,35H,4,10H2,1-3H3,(H,33,37)(H3,28,29,31,32)/t12-,14-,16-,20-,22-,42+/m1/s1. The molecule has 5 N–H and O–H groups in total. The molecule has 1 aromatic carbocycles. The second-order valence-corrected chi connectivity index (χ2v) is 10.7. The minimum absolute atomic E-state index is 0.00435. The van der Waals surface area contributed by atoms with Crippen LogP contribution in [0, 0.1) is 0 Å². The molecule has 0 radical (unpaired) electrons. The molecule has 1 fully saturated rings. The van der Waals surface area contributed by atoms with E-state index in [0.29, 0.717) is 4.57 Å². The molecule has 0 saturated carbocycles. The summed E-state index contributed by atoms with van der Waals surface area (Å²) in [7, 11) is -3.13. The van der Waals surface area contributed by atoms with Gasteiger partial charge in [-0.15, -0.1) is 0 Å². The highest BCUT2D eigenvalue weighted by Gasteiger charge is 2.73. The number of hydrogen-bond donors (Lipinski definition) is 4. The maximum atomic E-state index is 16.0. The van der Waals surface area contributed by atoms with E-state index in [1.54, 1.807) is 13.0 Å². The lowest BCUT2D eigenvalue weighted by Crippen LogP contribution is -2.54. The van der Waals surface area contributed by atoms with E-state index in [0.717, 1.165) is 6.33 Å². The molecule has 1 saturated heterocycles. The average Bonchev–Trinajstić information content (AvgIpc) is 3.46. The van der Waals surface area contributed by atoms with Crippen LogP contribution in [0.1, 0.15) is 20.1 Å². The van der Waals surface area contributed by atoms with E-state index < -0.39 is 56.6 Å². The van der Waals surface area contributed by atoms with E-state index >= 15 is 4.39 Å². The van der Waals surface area contributed by atoms with Crippen LogP contribution in [0.15, 0.2) is 36.7 Å². The summed E-state index contributed by atoms with van der Waals surface area (Å²) in [6.45, 7) is 1.76. The van der Waals surface area contributed by atoms with E-state index in [1.165, 1.54) is 38.2 Å². The maximum absolute atomic E-state index is 16.0. The van der Waals surface area contributed by atoms with Gasteiger partial charge in [-0.2, -0.15) is 28.2 Å². The molecular formula is C23H28F4N7O7P. The Hall–Kier alpha value is -3.57. The molecule has 230 valence electrons. The third kappa shape index (κ3) is 5.98. The number of rotatable bonds is 11. The zero-order chi connectivity index (χ0) is 30.9. The molecule has 0 amide bonds. The number of aromatic nitrogens is 4. The zero-order valence-electron chi connectivity index (χ0n) is 22.4. The van der Waals surface area contributed by atoms with Crippen molar-refractivity contribution in [2.24, 2.45) is 0 Å². The maximum Gasteiger partial charge on any atom is 0.459 e. The number of nitrogens with one attached hydrogen (secondary N) is 2. The largest absolute Gasteiger partial charge is 0.465 e. The number of hydrogen-bond acceptors (Lipinski definition) is 12. The topological polar surface area (TPSA) is 185 Å². The lowest BCUT2D eigenvalue weighted by atomic mass is 9.95. The molecule has 4 rings (SSSR count). The second kappa shape index (κ2) is 12.0. The highest BCUT2D eigenvalue weighted by Crippen LogP contribution is 2.53. The van der Waals surface area contributed by atoms with E-state index in [-0.39, 0.29) is 35.3 Å². The number of benzene rings is 1. The number of nitrogens with zero attached hydrogens (tertiary/aromatic N) is 4. The minimum atomic E-state index is -5.67. The molecule has 3 heterocycles. The summed E-state index contributed by atoms with van der Waals surface area (Å²) in [4.78, 5) is 23.8. The number of aliphatic hydroxyl groups excluding tert-OH is 1. The molecule has 14 nitrogen and oxygen atoms in total. The van der Waals surface area contributed by atoms with Crippen LogP contribution in [-0.4, -0.2) is 81.0 Å². The number of nitrogen functional groups attached to an aromatic ring is 1. The molecule has 0 aliphatic carbocycles. The van der Waals surface area contributed by atoms with Crippen molar-refractivity contribution in [2.75, 3.05) is 31.3 Å². The molecular weight excluding hydrogens is 593 g/mol. The van der Waals surface area contributed by atoms with E-state index in [2.05, 4.69) is 25.4 Å². The van der Waals surface area contributed by atoms with E-state index in [4.69, 9.17) is 24.3 Å². The number of para-hydroxylation sites is 1. The van der Waals surface area contributed by atoms with Crippen molar-refractivity contribution < 1.29 is 50.5 Å². The molecule has 2 aromatic heterocycles. The molecule has 0 unspecified atom stereocenters. The Kier molecular flexibility index (Phi) is 8.94. The summed E-state index contributed by atoms with van der Waals surface area (Å²) in [5.41, 5.74) is 0.878. The fraction of sp³-hybridized carbons (Fsp3) is 0.478. The average molecular weight is 621 g/mol. The van der Waals surface area contributed by atoms with Crippen LogP contribution in [-0.2, 0) is 23.4 Å². The van der Waals surface area contributed by atoms with Crippen molar-refractivity contribution in [3.63, 3.8) is 0 Å². The lowest BCUT2D eigenvalue weighted by molar-refractivity contribution is -0.273. The number of carbonyl (C=O) groups is 1. The van der Waals surface area contributed by atoms with Gasteiger partial charge in [-0.1, -0.05) is 18.2 Å². The molecule has 42 heavy (non-hydrogen) atoms. The van der Waals surface area contributed by atoms with Gasteiger partial charge in [0.1, 0.15) is 24.0 Å². The van der Waals surface area contributed by atoms with Gasteiger partial charge < -0.3 is 30.2 Å². The number of anilines is 2. The number of halogens is 4. The van der Waals surface area contributed by atoms with E-state index in [9.17, 15) is 27.6 Å². The molecule has 0 bridgehead atoms. The van der Waals surface area contributed by atoms with Crippen LogP contribution >= 0.6 is 7.75 Å². The minimum Gasteiger partial charge on any atom is -0.465 e. The number of nitrogens with two attached hydrogens (primary N) is 1. The molecule has 1 aliphatic rings. The highest BCUT2D eigenvalue weighted by molar-refractivity contribution is 7.52. The van der Waals surface area contributed by atoms with Crippen LogP contribution in [0.25, 0.3) is 11.2 Å². The first-order chi connectivity index (χ1) is 19.7. The quantitative estimate of drug-likeness (QED) is 0.139. The van der Waals surface area contributed by atoms with Crippen molar-refractivity contribution in [1.82, 2.24) is 24.6 Å². The monoisotopic (exact) mass is 621 g/mol. The Balaban J connectivity index is 1.66. The summed E-state index contributed by atoms with van der Waals surface area (Å²) >= 11 is 0. The molecule has 3 aromatic rings. The van der Waals surface area contributed by atoms with Crippen LogP contribution in [0.2, 0.25) is 0 Å². The Bertz CT molecular complexity index is 1460. The number of alkyl halides is 4. The number of aliphatic hydroxyl groups is 1. The molecule has 0 spiro atoms. The Morgan fingerprint density at radius 2 is 2.00 bits per heavy atom. The summed E-state index contributed by atoms with van der Waals surface area (Å²) in [5.74, 6) is -1.13. The van der Waals surface area contributed by atoms with Crippen molar-refractivity contribution in [3.05, 3.63) is 36.7 Å². The Morgan fingerprint density at radius 1 is 1.31 bits per heavy atom. The summed E-state index contributed by atoms with van der Waals surface area (Å²) < 4.78 is 93.9. The lowest BCUT2D eigenvalue weighted by Gasteiger charge is -2.31. The van der Waals surface area contributed by atoms with Gasteiger partial charge in [0.15, 0.2) is 23.2 Å². The number of imidazole rings is 1. The number of fused-ring (bicyclic) bond motifs is 1.